The lowest BCUT2D eigenvalue weighted by molar-refractivity contribution is -0.136. The van der Waals surface area contributed by atoms with Crippen LogP contribution >= 0.6 is 15.9 Å². The maximum Gasteiger partial charge on any atom is 0.329 e. The Kier molecular flexibility index (Phi) is 7.25. The molecular weight excluding hydrogens is 412 g/mol. The smallest absolute Gasteiger partial charge is 0.325 e. The summed E-state index contributed by atoms with van der Waals surface area (Å²) in [5, 5.41) is 9.04. The van der Waals surface area contributed by atoms with Crippen LogP contribution in [0.25, 0.3) is 0 Å². The van der Waals surface area contributed by atoms with Crippen molar-refractivity contribution < 1.29 is 14.4 Å². The summed E-state index contributed by atoms with van der Waals surface area (Å²) in [6.45, 7) is 3.40. The molecule has 0 saturated carbocycles. The molecule has 0 saturated heterocycles. The van der Waals surface area contributed by atoms with Gasteiger partial charge in [-0.15, -0.1) is 0 Å². The van der Waals surface area contributed by atoms with E-state index >= 15 is 0 Å². The SMILES string of the molecule is C/C(CC(=O)Nc1ccccc1Br)=N/NC(=O)C(=O)Nc1ccccc1C. The minimum absolute atomic E-state index is 0.0268. The van der Waals surface area contributed by atoms with E-state index in [0.717, 1.165) is 10.0 Å². The van der Waals surface area contributed by atoms with Gasteiger partial charge in [-0.2, -0.15) is 5.10 Å². The maximum absolute atomic E-state index is 12.0. The highest BCUT2D eigenvalue weighted by Crippen LogP contribution is 2.21. The number of anilines is 2. The van der Waals surface area contributed by atoms with Gasteiger partial charge in [0.2, 0.25) is 5.91 Å². The number of benzene rings is 2. The van der Waals surface area contributed by atoms with Crippen LogP contribution in [0.4, 0.5) is 11.4 Å². The zero-order chi connectivity index (χ0) is 19.8. The molecule has 0 atom stereocenters. The second-order valence-electron chi connectivity index (χ2n) is 5.76. The number of amides is 3. The fourth-order valence-electron chi connectivity index (χ4n) is 2.12. The molecule has 0 bridgehead atoms. The molecule has 8 heteroatoms. The van der Waals surface area contributed by atoms with Gasteiger partial charge in [-0.05, 0) is 53.5 Å². The first kappa shape index (κ1) is 20.3. The van der Waals surface area contributed by atoms with Crippen molar-refractivity contribution in [1.29, 1.82) is 0 Å². The van der Waals surface area contributed by atoms with Gasteiger partial charge < -0.3 is 10.6 Å². The highest BCUT2D eigenvalue weighted by Gasteiger charge is 2.14. The lowest BCUT2D eigenvalue weighted by Crippen LogP contribution is -2.33. The lowest BCUT2D eigenvalue weighted by Gasteiger charge is -2.08. The number of carbonyl (C=O) groups excluding carboxylic acids is 3. The van der Waals surface area contributed by atoms with E-state index in [4.69, 9.17) is 0 Å². The largest absolute Gasteiger partial charge is 0.329 e. The van der Waals surface area contributed by atoms with E-state index in [1.165, 1.54) is 0 Å². The van der Waals surface area contributed by atoms with E-state index in [0.29, 0.717) is 17.1 Å². The summed E-state index contributed by atoms with van der Waals surface area (Å²) >= 11 is 3.34. The highest BCUT2D eigenvalue weighted by molar-refractivity contribution is 9.10. The fourth-order valence-corrected chi connectivity index (χ4v) is 2.50. The normalized spacial score (nSPS) is 10.9. The first-order valence-electron chi connectivity index (χ1n) is 8.11. The number of nitrogens with one attached hydrogen (secondary N) is 3. The van der Waals surface area contributed by atoms with Gasteiger partial charge in [0.15, 0.2) is 0 Å². The molecule has 0 aliphatic carbocycles. The molecule has 2 aromatic rings. The van der Waals surface area contributed by atoms with Gasteiger partial charge in [-0.3, -0.25) is 14.4 Å². The molecule has 3 N–H and O–H groups in total. The first-order valence-corrected chi connectivity index (χ1v) is 8.90. The van der Waals surface area contributed by atoms with Crippen LogP contribution in [0.5, 0.6) is 0 Å². The third-order valence-corrected chi connectivity index (χ3v) is 4.20. The average molecular weight is 431 g/mol. The van der Waals surface area contributed by atoms with Crippen LogP contribution in [0.1, 0.15) is 18.9 Å². The first-order chi connectivity index (χ1) is 12.9. The molecule has 0 radical (unpaired) electrons. The number of rotatable bonds is 5. The van der Waals surface area contributed by atoms with E-state index < -0.39 is 11.8 Å². The van der Waals surface area contributed by atoms with Crippen LogP contribution in [0.2, 0.25) is 0 Å². The minimum atomic E-state index is -0.913. The summed E-state index contributed by atoms with van der Waals surface area (Å²) in [6, 6.07) is 14.3. The second-order valence-corrected chi connectivity index (χ2v) is 6.62. The summed E-state index contributed by atoms with van der Waals surface area (Å²) in [5.41, 5.74) is 4.53. The Morgan fingerprint density at radius 2 is 1.56 bits per heavy atom. The Balaban J connectivity index is 1.86. The summed E-state index contributed by atoms with van der Waals surface area (Å²) in [7, 11) is 0. The van der Waals surface area contributed by atoms with E-state index in [2.05, 4.69) is 37.1 Å². The van der Waals surface area contributed by atoms with Gasteiger partial charge in [0.1, 0.15) is 0 Å². The summed E-state index contributed by atoms with van der Waals surface area (Å²) in [5.74, 6) is -2.04. The van der Waals surface area contributed by atoms with Crippen LogP contribution in [-0.4, -0.2) is 23.4 Å². The van der Waals surface area contributed by atoms with Gasteiger partial charge in [0.05, 0.1) is 12.1 Å². The standard InChI is InChI=1S/C19H19BrN4O3/c1-12-7-3-5-9-15(12)22-18(26)19(27)24-23-13(2)11-17(25)21-16-10-6-4-8-14(16)20/h3-10H,11H2,1-2H3,(H,21,25)(H,22,26)(H,24,27)/b23-13-. The molecule has 140 valence electrons. The van der Waals surface area contributed by atoms with Gasteiger partial charge in [-0.25, -0.2) is 5.43 Å². The molecule has 0 fully saturated rings. The van der Waals surface area contributed by atoms with Crippen molar-refractivity contribution >= 4 is 50.7 Å². The molecule has 0 aliphatic heterocycles. The Hall–Kier alpha value is -3.00. The number of halogens is 1. The van der Waals surface area contributed by atoms with Crippen molar-refractivity contribution in [3.8, 4) is 0 Å². The molecule has 2 rings (SSSR count). The Morgan fingerprint density at radius 3 is 2.22 bits per heavy atom. The Morgan fingerprint density at radius 1 is 0.926 bits per heavy atom. The van der Waals surface area contributed by atoms with Gasteiger partial charge in [-0.1, -0.05) is 30.3 Å². The van der Waals surface area contributed by atoms with Crippen molar-refractivity contribution in [3.05, 3.63) is 58.6 Å². The Bertz CT molecular complexity index is 896. The molecule has 0 spiro atoms. The molecule has 7 nitrogen and oxygen atoms in total. The number of hydrogen-bond acceptors (Lipinski definition) is 4. The third kappa shape index (κ3) is 6.34. The third-order valence-electron chi connectivity index (χ3n) is 3.51. The summed E-state index contributed by atoms with van der Waals surface area (Å²) in [4.78, 5) is 35.8. The van der Waals surface area contributed by atoms with Gasteiger partial charge >= 0.3 is 11.8 Å². The molecule has 27 heavy (non-hydrogen) atoms. The minimum Gasteiger partial charge on any atom is -0.325 e. The molecular formula is C19H19BrN4O3. The molecule has 0 unspecified atom stereocenters. The number of hydrazone groups is 1. The quantitative estimate of drug-likeness (QED) is 0.385. The maximum atomic E-state index is 12.0. The average Bonchev–Trinajstić information content (AvgIpc) is 2.63. The van der Waals surface area contributed by atoms with Gasteiger partial charge in [0.25, 0.3) is 0 Å². The zero-order valence-electron chi connectivity index (χ0n) is 14.9. The van der Waals surface area contributed by atoms with Crippen LogP contribution < -0.4 is 16.1 Å². The topological polar surface area (TPSA) is 99.7 Å². The van der Waals surface area contributed by atoms with E-state index in [1.54, 1.807) is 31.2 Å². The van der Waals surface area contributed by atoms with Crippen LogP contribution in [0, 0.1) is 6.92 Å². The molecule has 2 aromatic carbocycles. The van der Waals surface area contributed by atoms with Gasteiger partial charge in [0, 0.05) is 15.9 Å². The monoisotopic (exact) mass is 430 g/mol. The van der Waals surface area contributed by atoms with Crippen molar-refractivity contribution in [2.45, 2.75) is 20.3 Å². The van der Waals surface area contributed by atoms with Crippen molar-refractivity contribution in [1.82, 2.24) is 5.43 Å². The van der Waals surface area contributed by atoms with Crippen molar-refractivity contribution in [2.75, 3.05) is 10.6 Å². The lowest BCUT2D eigenvalue weighted by atomic mass is 10.2. The number of para-hydroxylation sites is 2. The summed E-state index contributed by atoms with van der Waals surface area (Å²) < 4.78 is 0.758. The van der Waals surface area contributed by atoms with Crippen LogP contribution in [0.3, 0.4) is 0 Å². The van der Waals surface area contributed by atoms with E-state index in [9.17, 15) is 14.4 Å². The molecule has 0 aromatic heterocycles. The predicted octanol–water partition coefficient (Wildman–Crippen LogP) is 3.22. The molecule has 0 heterocycles. The highest BCUT2D eigenvalue weighted by atomic mass is 79.9. The van der Waals surface area contributed by atoms with Crippen LogP contribution in [0.15, 0.2) is 58.1 Å². The molecule has 0 aliphatic rings. The Labute approximate surface area is 165 Å². The predicted molar refractivity (Wildman–Crippen MR) is 108 cm³/mol. The van der Waals surface area contributed by atoms with E-state index in [1.807, 2.05) is 31.2 Å². The van der Waals surface area contributed by atoms with Crippen molar-refractivity contribution in [3.63, 3.8) is 0 Å². The fraction of sp³-hybridized carbons (Fsp3) is 0.158. The summed E-state index contributed by atoms with van der Waals surface area (Å²) in [6.07, 6.45) is -0.0268. The molecule has 3 amide bonds. The number of hydrogen-bond donors (Lipinski definition) is 3. The number of aryl methyl sites for hydroxylation is 1. The number of carbonyl (C=O) groups is 3. The van der Waals surface area contributed by atoms with Crippen molar-refractivity contribution in [2.24, 2.45) is 5.10 Å². The second kappa shape index (κ2) is 9.63. The number of nitrogens with zero attached hydrogens (tertiary/aromatic N) is 1. The van der Waals surface area contributed by atoms with Crippen LogP contribution in [-0.2, 0) is 14.4 Å². The van der Waals surface area contributed by atoms with E-state index in [-0.39, 0.29) is 12.3 Å². The zero-order valence-corrected chi connectivity index (χ0v) is 16.5.